The summed E-state index contributed by atoms with van der Waals surface area (Å²) in [4.78, 5) is 9.25. The Balaban J connectivity index is 3.35. The van der Waals surface area contributed by atoms with Crippen molar-refractivity contribution < 1.29 is 13.3 Å². The summed E-state index contributed by atoms with van der Waals surface area (Å²) in [5, 5.41) is 10.0. The number of halogens is 2. The molecule has 0 N–H and O–H groups in total. The smallest absolute Gasteiger partial charge is 0.258 e. The zero-order chi connectivity index (χ0) is 10.9. The molecule has 0 bridgehead atoms. The Morgan fingerprint density at radius 3 is 2.29 bits per heavy atom. The van der Waals surface area contributed by atoms with Gasteiger partial charge in [-0.05, 0) is 6.07 Å². The fourth-order valence-corrected chi connectivity index (χ4v) is 2.33. The molecule has 0 aliphatic carbocycles. The Bertz CT molecular complexity index is 485. The van der Waals surface area contributed by atoms with Gasteiger partial charge < -0.3 is 0 Å². The second-order valence-electron chi connectivity index (χ2n) is 2.31. The first-order valence-corrected chi connectivity index (χ1v) is 5.89. The average molecular weight is 256 g/mol. The third kappa shape index (κ3) is 2.34. The van der Waals surface area contributed by atoms with Crippen molar-refractivity contribution in [3.05, 3.63) is 33.3 Å². The van der Waals surface area contributed by atoms with Crippen LogP contribution in [0.4, 0.5) is 5.69 Å². The topological polar surface area (TPSA) is 77.3 Å². The molecule has 5 nitrogen and oxygen atoms in total. The molecular weight excluding hydrogens is 253 g/mol. The molecule has 0 amide bonds. The van der Waals surface area contributed by atoms with Gasteiger partial charge in [0.15, 0.2) is 0 Å². The van der Waals surface area contributed by atoms with Gasteiger partial charge in [0.2, 0.25) is 0 Å². The Hall–Kier alpha value is -0.850. The van der Waals surface area contributed by atoms with Crippen LogP contribution in [-0.4, -0.2) is 13.3 Å². The van der Waals surface area contributed by atoms with Crippen LogP contribution in [0.25, 0.3) is 0 Å². The van der Waals surface area contributed by atoms with Gasteiger partial charge in [0.05, 0.1) is 9.95 Å². The number of nitrogens with zero attached hydrogens (tertiary/aromatic N) is 1. The monoisotopic (exact) mass is 255 g/mol. The van der Waals surface area contributed by atoms with Crippen LogP contribution >= 0.6 is 22.3 Å². The van der Waals surface area contributed by atoms with Crippen LogP contribution < -0.4 is 0 Å². The maximum Gasteiger partial charge on any atom is 0.271 e. The summed E-state index contributed by atoms with van der Waals surface area (Å²) in [6.07, 6.45) is 0. The van der Waals surface area contributed by atoms with E-state index in [0.717, 1.165) is 18.2 Å². The van der Waals surface area contributed by atoms with E-state index in [1.165, 1.54) is 0 Å². The lowest BCUT2D eigenvalue weighted by Crippen LogP contribution is -1.94. The molecule has 8 heteroatoms. The largest absolute Gasteiger partial charge is 0.271 e. The second-order valence-corrected chi connectivity index (χ2v) is 5.25. The highest BCUT2D eigenvalue weighted by atomic mass is 35.7. The van der Waals surface area contributed by atoms with Crippen molar-refractivity contribution in [1.82, 2.24) is 0 Å². The minimum Gasteiger partial charge on any atom is -0.258 e. The van der Waals surface area contributed by atoms with Gasteiger partial charge in [-0.3, -0.25) is 10.1 Å². The van der Waals surface area contributed by atoms with Crippen LogP contribution in [0.1, 0.15) is 0 Å². The third-order valence-electron chi connectivity index (χ3n) is 1.39. The lowest BCUT2D eigenvalue weighted by Gasteiger charge is -1.98. The van der Waals surface area contributed by atoms with E-state index in [4.69, 9.17) is 22.3 Å². The number of rotatable bonds is 2. The lowest BCUT2D eigenvalue weighted by molar-refractivity contribution is -0.384. The summed E-state index contributed by atoms with van der Waals surface area (Å²) in [6, 6.07) is 2.93. The third-order valence-corrected chi connectivity index (χ3v) is 3.19. The van der Waals surface area contributed by atoms with E-state index < -0.39 is 14.0 Å². The van der Waals surface area contributed by atoms with Gasteiger partial charge in [-0.15, -0.1) is 0 Å². The first-order valence-electron chi connectivity index (χ1n) is 3.21. The Morgan fingerprint density at radius 1 is 1.36 bits per heavy atom. The standard InChI is InChI=1S/C6H3Cl2NO4S/c7-5-3-4(9(10)11)1-2-6(5)14(8,12)13/h1-3H. The minimum atomic E-state index is -3.96. The van der Waals surface area contributed by atoms with Crippen LogP contribution in [0.5, 0.6) is 0 Å². The maximum absolute atomic E-state index is 10.8. The molecule has 0 radical (unpaired) electrons. The van der Waals surface area contributed by atoms with Crippen LogP contribution in [0, 0.1) is 10.1 Å². The molecule has 0 aromatic heterocycles. The van der Waals surface area contributed by atoms with Crippen molar-refractivity contribution >= 4 is 37.0 Å². The van der Waals surface area contributed by atoms with E-state index in [-0.39, 0.29) is 15.6 Å². The molecule has 14 heavy (non-hydrogen) atoms. The maximum atomic E-state index is 10.8. The summed E-state index contributed by atoms with van der Waals surface area (Å²) >= 11 is 5.49. The number of nitro groups is 1. The minimum absolute atomic E-state index is 0.269. The predicted octanol–water partition coefficient (Wildman–Crippen LogP) is 2.18. The van der Waals surface area contributed by atoms with E-state index >= 15 is 0 Å². The molecule has 0 fully saturated rings. The average Bonchev–Trinajstić information content (AvgIpc) is 2.01. The molecule has 0 aliphatic rings. The SMILES string of the molecule is O=[N+]([O-])c1ccc(S(=O)(=O)Cl)c(Cl)c1. The molecule has 0 unspecified atom stereocenters. The summed E-state index contributed by atoms with van der Waals surface area (Å²) in [5.74, 6) is 0. The zero-order valence-electron chi connectivity index (χ0n) is 6.48. The molecule has 0 heterocycles. The molecule has 0 saturated heterocycles. The van der Waals surface area contributed by atoms with E-state index in [1.807, 2.05) is 0 Å². The van der Waals surface area contributed by atoms with Gasteiger partial charge in [0.25, 0.3) is 14.7 Å². The highest BCUT2D eigenvalue weighted by Gasteiger charge is 2.17. The van der Waals surface area contributed by atoms with Crippen LogP contribution in [0.2, 0.25) is 5.02 Å². The van der Waals surface area contributed by atoms with E-state index in [9.17, 15) is 18.5 Å². The Morgan fingerprint density at radius 2 is 1.93 bits per heavy atom. The Kier molecular flexibility index (Phi) is 2.98. The molecule has 1 aromatic rings. The van der Waals surface area contributed by atoms with Crippen molar-refractivity contribution in [2.45, 2.75) is 4.90 Å². The molecule has 0 saturated carbocycles. The highest BCUT2D eigenvalue weighted by molar-refractivity contribution is 8.13. The van der Waals surface area contributed by atoms with Gasteiger partial charge in [0.1, 0.15) is 4.90 Å². The second kappa shape index (κ2) is 3.72. The molecule has 76 valence electrons. The highest BCUT2D eigenvalue weighted by Crippen LogP contribution is 2.28. The molecular formula is C6H3Cl2NO4S. The van der Waals surface area contributed by atoms with Crippen molar-refractivity contribution in [2.24, 2.45) is 0 Å². The number of hydrogen-bond donors (Lipinski definition) is 0. The van der Waals surface area contributed by atoms with Crippen molar-refractivity contribution in [2.75, 3.05) is 0 Å². The van der Waals surface area contributed by atoms with E-state index in [1.54, 1.807) is 0 Å². The van der Waals surface area contributed by atoms with Gasteiger partial charge in [-0.2, -0.15) is 0 Å². The normalized spacial score (nSPS) is 11.3. The molecule has 0 aliphatic heterocycles. The predicted molar refractivity (Wildman–Crippen MR) is 51.1 cm³/mol. The van der Waals surface area contributed by atoms with Gasteiger partial charge >= 0.3 is 0 Å². The van der Waals surface area contributed by atoms with Crippen molar-refractivity contribution in [3.63, 3.8) is 0 Å². The van der Waals surface area contributed by atoms with Crippen LogP contribution in [0.3, 0.4) is 0 Å². The fourth-order valence-electron chi connectivity index (χ4n) is 0.801. The fraction of sp³-hybridized carbons (Fsp3) is 0. The first-order chi connectivity index (χ1) is 6.32. The van der Waals surface area contributed by atoms with Crippen LogP contribution in [0.15, 0.2) is 23.1 Å². The summed E-state index contributed by atoms with van der Waals surface area (Å²) in [6.45, 7) is 0. The quantitative estimate of drug-likeness (QED) is 0.461. The van der Waals surface area contributed by atoms with Gasteiger partial charge in [-0.1, -0.05) is 11.6 Å². The summed E-state index contributed by atoms with van der Waals surface area (Å²) < 4.78 is 21.7. The summed E-state index contributed by atoms with van der Waals surface area (Å²) in [5.41, 5.74) is -0.293. The number of nitro benzene ring substituents is 1. The Labute approximate surface area is 88.8 Å². The van der Waals surface area contributed by atoms with E-state index in [2.05, 4.69) is 0 Å². The molecule has 0 atom stereocenters. The zero-order valence-corrected chi connectivity index (χ0v) is 8.80. The number of hydrogen-bond acceptors (Lipinski definition) is 4. The van der Waals surface area contributed by atoms with Crippen LogP contribution in [-0.2, 0) is 9.05 Å². The van der Waals surface area contributed by atoms with Gasteiger partial charge in [0, 0.05) is 22.8 Å². The molecule has 0 spiro atoms. The number of benzene rings is 1. The van der Waals surface area contributed by atoms with Crippen molar-refractivity contribution in [1.29, 1.82) is 0 Å². The summed E-state index contributed by atoms with van der Waals surface area (Å²) in [7, 11) is 1.06. The molecule has 1 rings (SSSR count). The molecule has 1 aromatic carbocycles. The number of non-ortho nitro benzene ring substituents is 1. The van der Waals surface area contributed by atoms with Gasteiger partial charge in [-0.25, -0.2) is 8.42 Å². The van der Waals surface area contributed by atoms with E-state index in [0.29, 0.717) is 0 Å². The lowest BCUT2D eigenvalue weighted by atomic mass is 10.3. The van der Waals surface area contributed by atoms with Crippen molar-refractivity contribution in [3.8, 4) is 0 Å². The first kappa shape index (κ1) is 11.2.